The van der Waals surface area contributed by atoms with Crippen LogP contribution in [0.4, 0.5) is 4.39 Å². The molecule has 196 valence electrons. The van der Waals surface area contributed by atoms with Gasteiger partial charge in [-0.25, -0.2) is 15.2 Å². The normalized spacial score (nSPS) is 12.0. The van der Waals surface area contributed by atoms with Gasteiger partial charge in [-0.05, 0) is 48.5 Å². The van der Waals surface area contributed by atoms with E-state index in [0.29, 0.717) is 0 Å². The molecule has 0 unspecified atom stereocenters. The Morgan fingerprint density at radius 1 is 0.615 bits per heavy atom. The van der Waals surface area contributed by atoms with E-state index < -0.39 is 0 Å². The van der Waals surface area contributed by atoms with E-state index >= 15 is 0 Å². The summed E-state index contributed by atoms with van der Waals surface area (Å²) in [6, 6.07) is 34.6. The van der Waals surface area contributed by atoms with E-state index in [4.69, 9.17) is 0 Å². The van der Waals surface area contributed by atoms with E-state index in [1.165, 1.54) is 12.1 Å². The van der Waals surface area contributed by atoms with Gasteiger partial charge in [0.05, 0.1) is 0 Å². The number of hydrogen-bond donors (Lipinski definition) is 0. The molecule has 3 aromatic heterocycles. The van der Waals surface area contributed by atoms with Crippen LogP contribution < -0.4 is 0 Å². The minimum absolute atomic E-state index is 0. The second kappa shape index (κ2) is 10.2. The van der Waals surface area contributed by atoms with E-state index in [9.17, 15) is 4.39 Å². The number of fused-ring (bicyclic) bond motifs is 3. The Morgan fingerprint density at radius 2 is 1.08 bits per heavy atom. The number of rotatable bonds is 5. The Labute approximate surface area is 243 Å². The molecule has 0 saturated heterocycles. The standard InChI is InChI=1S/C34H28FN3.Pt/c1-33(2,31-9-5-7-19-36-31)23-11-17-29-27(21-23)28-22-24(34(3,4)32-10-6-8-20-37-32)12-18-30(28)38(29)26-15-13-25(35)14-16-26;/h5-20H,1-4H3;/q-2;+2. The maximum Gasteiger partial charge on any atom is 2.00 e. The van der Waals surface area contributed by atoms with Gasteiger partial charge in [-0.1, -0.05) is 50.9 Å². The molecular weight excluding hydrogens is 664 g/mol. The molecule has 0 saturated carbocycles. The number of benzene rings is 3. The summed E-state index contributed by atoms with van der Waals surface area (Å²) in [5, 5.41) is 1.95. The zero-order chi connectivity index (χ0) is 26.5. The van der Waals surface area contributed by atoms with Crippen LogP contribution in [0.1, 0.15) is 50.2 Å². The van der Waals surface area contributed by atoms with Crippen molar-refractivity contribution in [3.8, 4) is 5.69 Å². The molecule has 0 aliphatic heterocycles. The van der Waals surface area contributed by atoms with Crippen LogP contribution in [0.25, 0.3) is 27.5 Å². The van der Waals surface area contributed by atoms with Gasteiger partial charge in [0.25, 0.3) is 0 Å². The monoisotopic (exact) mass is 692 g/mol. The summed E-state index contributed by atoms with van der Waals surface area (Å²) in [5.74, 6) is -0.258. The Bertz CT molecular complexity index is 1650. The van der Waals surface area contributed by atoms with Crippen molar-refractivity contribution in [2.75, 3.05) is 0 Å². The average Bonchev–Trinajstić information content (AvgIpc) is 3.27. The number of pyridine rings is 2. The second-order valence-corrected chi connectivity index (χ2v) is 10.8. The van der Waals surface area contributed by atoms with E-state index in [2.05, 4.69) is 90.8 Å². The largest absolute Gasteiger partial charge is 2.00 e. The summed E-state index contributed by atoms with van der Waals surface area (Å²) >= 11 is 0. The Kier molecular flexibility index (Phi) is 7.03. The summed E-state index contributed by atoms with van der Waals surface area (Å²) in [6.45, 7) is 8.69. The molecule has 0 spiro atoms. The van der Waals surface area contributed by atoms with Gasteiger partial charge in [0, 0.05) is 40.3 Å². The first-order valence-electron chi connectivity index (χ1n) is 12.8. The zero-order valence-electron chi connectivity index (χ0n) is 22.3. The summed E-state index contributed by atoms with van der Waals surface area (Å²) in [6.07, 6.45) is 3.66. The van der Waals surface area contributed by atoms with Crippen LogP contribution in [0.15, 0.2) is 97.3 Å². The smallest absolute Gasteiger partial charge is 0.409 e. The van der Waals surface area contributed by atoms with Crippen LogP contribution in [0.3, 0.4) is 0 Å². The van der Waals surface area contributed by atoms with Gasteiger partial charge in [-0.15, -0.1) is 35.4 Å². The average molecular weight is 693 g/mol. The fourth-order valence-corrected chi connectivity index (χ4v) is 5.19. The molecule has 0 fully saturated rings. The molecule has 39 heavy (non-hydrogen) atoms. The predicted octanol–water partition coefficient (Wildman–Crippen LogP) is 7.96. The molecule has 3 heterocycles. The molecule has 0 N–H and O–H groups in total. The molecule has 0 aliphatic rings. The van der Waals surface area contributed by atoms with E-state index in [1.54, 1.807) is 0 Å². The van der Waals surface area contributed by atoms with Crippen LogP contribution in [-0.4, -0.2) is 14.5 Å². The van der Waals surface area contributed by atoms with Crippen LogP contribution in [-0.2, 0) is 31.9 Å². The van der Waals surface area contributed by atoms with E-state index in [0.717, 1.165) is 50.0 Å². The molecule has 0 bridgehead atoms. The minimum atomic E-state index is -0.343. The minimum Gasteiger partial charge on any atom is -0.409 e. The molecule has 0 radical (unpaired) electrons. The Morgan fingerprint density at radius 3 is 1.49 bits per heavy atom. The third-order valence-corrected chi connectivity index (χ3v) is 7.62. The molecule has 0 amide bonds. The van der Waals surface area contributed by atoms with Crippen LogP contribution >= 0.6 is 0 Å². The predicted molar refractivity (Wildman–Crippen MR) is 151 cm³/mol. The first kappa shape index (κ1) is 27.0. The van der Waals surface area contributed by atoms with Crippen molar-refractivity contribution in [3.63, 3.8) is 0 Å². The van der Waals surface area contributed by atoms with Crippen molar-refractivity contribution in [1.29, 1.82) is 0 Å². The molecule has 3 aromatic carbocycles. The zero-order valence-corrected chi connectivity index (χ0v) is 24.5. The number of halogens is 1. The van der Waals surface area contributed by atoms with Crippen molar-refractivity contribution >= 4 is 21.8 Å². The summed E-state index contributed by atoms with van der Waals surface area (Å²) in [4.78, 5) is 9.27. The maximum atomic E-state index is 13.8. The van der Waals surface area contributed by atoms with Crippen LogP contribution in [0, 0.1) is 17.9 Å². The molecular formula is C34H28FN3Pt. The van der Waals surface area contributed by atoms with Gasteiger partial charge in [0.1, 0.15) is 5.82 Å². The molecule has 6 aromatic rings. The Hall–Kier alpha value is -3.62. The summed E-state index contributed by atoms with van der Waals surface area (Å²) < 4.78 is 16.0. The fourth-order valence-electron chi connectivity index (χ4n) is 5.19. The number of aromatic nitrogens is 3. The molecule has 6 rings (SSSR count). The van der Waals surface area contributed by atoms with Gasteiger partial charge in [-0.3, -0.25) is 9.97 Å². The quantitative estimate of drug-likeness (QED) is 0.172. The van der Waals surface area contributed by atoms with Gasteiger partial charge in [0.15, 0.2) is 0 Å². The topological polar surface area (TPSA) is 30.7 Å². The van der Waals surface area contributed by atoms with Gasteiger partial charge < -0.3 is 4.57 Å². The maximum absolute atomic E-state index is 13.8. The van der Waals surface area contributed by atoms with Crippen molar-refractivity contribution < 1.29 is 25.5 Å². The summed E-state index contributed by atoms with van der Waals surface area (Å²) in [5.41, 5.74) is 6.26. The third kappa shape index (κ3) is 4.61. The van der Waals surface area contributed by atoms with Crippen molar-refractivity contribution in [2.24, 2.45) is 0 Å². The van der Waals surface area contributed by atoms with E-state index in [1.807, 2.05) is 48.8 Å². The third-order valence-electron chi connectivity index (χ3n) is 7.62. The van der Waals surface area contributed by atoms with Crippen molar-refractivity contribution in [1.82, 2.24) is 14.5 Å². The fraction of sp³-hybridized carbons (Fsp3) is 0.176. The van der Waals surface area contributed by atoms with Crippen LogP contribution in [0.5, 0.6) is 0 Å². The van der Waals surface area contributed by atoms with Gasteiger partial charge in [0.2, 0.25) is 0 Å². The van der Waals surface area contributed by atoms with E-state index in [-0.39, 0.29) is 37.7 Å². The van der Waals surface area contributed by atoms with Crippen molar-refractivity contribution in [3.05, 3.63) is 138 Å². The molecule has 5 heteroatoms. The molecule has 0 atom stereocenters. The second-order valence-electron chi connectivity index (χ2n) is 10.8. The first-order valence-corrected chi connectivity index (χ1v) is 12.8. The van der Waals surface area contributed by atoms with Gasteiger partial charge >= 0.3 is 21.1 Å². The van der Waals surface area contributed by atoms with Gasteiger partial charge in [-0.2, -0.15) is 12.1 Å². The Balaban J connectivity index is 0.00000308. The first-order chi connectivity index (χ1) is 18.3. The molecule has 0 aliphatic carbocycles. The van der Waals surface area contributed by atoms with Crippen LogP contribution in [0.2, 0.25) is 0 Å². The SMILES string of the molecule is CC(C)(c1[c-]c2c3[c-]c(C(C)(C)c4ccccn4)ccc3n(-c3ccc(F)cc3)c2cc1)c1ccccn1.[Pt+2]. The van der Waals surface area contributed by atoms with Crippen molar-refractivity contribution in [2.45, 2.75) is 38.5 Å². The number of nitrogens with zero attached hydrogens (tertiary/aromatic N) is 3. The number of hydrogen-bond acceptors (Lipinski definition) is 2. The molecule has 3 nitrogen and oxygen atoms in total. The summed E-state index contributed by atoms with van der Waals surface area (Å²) in [7, 11) is 0.